The molecule has 0 spiro atoms. The van der Waals surface area contributed by atoms with Crippen LogP contribution in [0.4, 0.5) is 0 Å². The molecule has 0 fully saturated rings. The fraction of sp³-hybridized carbons (Fsp3) is 0.750. The van der Waals surface area contributed by atoms with E-state index in [0.29, 0.717) is 24.0 Å². The number of thioether (sulfide) groups is 1. The predicted octanol–water partition coefficient (Wildman–Crippen LogP) is 1.49. The summed E-state index contributed by atoms with van der Waals surface area (Å²) in [6.07, 6.45) is 0.567. The van der Waals surface area contributed by atoms with E-state index in [9.17, 15) is 4.79 Å². The summed E-state index contributed by atoms with van der Waals surface area (Å²) in [5.41, 5.74) is 5.49. The summed E-state index contributed by atoms with van der Waals surface area (Å²) in [6.45, 7) is 6.06. The Morgan fingerprint density at radius 1 is 1.47 bits per heavy atom. The number of methoxy groups -OCH3 is 1. The van der Waals surface area contributed by atoms with Crippen molar-refractivity contribution in [3.8, 4) is 0 Å². The van der Waals surface area contributed by atoms with Crippen LogP contribution < -0.4 is 5.73 Å². The Morgan fingerprint density at radius 2 is 2.16 bits per heavy atom. The van der Waals surface area contributed by atoms with E-state index >= 15 is 0 Å². The number of nitrogens with two attached hydrogens (primary N) is 1. The Hall–Kier alpha value is -1.08. The molecule has 2 N–H and O–H groups in total. The molecular weight excluding hydrogens is 266 g/mol. The van der Waals surface area contributed by atoms with Crippen molar-refractivity contribution in [1.82, 2.24) is 10.2 Å². The molecule has 1 rings (SSSR count). The first-order valence-corrected chi connectivity index (χ1v) is 7.24. The van der Waals surface area contributed by atoms with E-state index in [1.165, 1.54) is 7.11 Å². The lowest BCUT2D eigenvalue weighted by atomic mass is 9.97. The van der Waals surface area contributed by atoms with Crippen molar-refractivity contribution in [3.63, 3.8) is 0 Å². The van der Waals surface area contributed by atoms with Crippen molar-refractivity contribution in [1.29, 1.82) is 0 Å². The molecule has 0 saturated carbocycles. The van der Waals surface area contributed by atoms with Gasteiger partial charge in [-0.15, -0.1) is 10.2 Å². The summed E-state index contributed by atoms with van der Waals surface area (Å²) in [5.74, 6) is 2.21. The van der Waals surface area contributed by atoms with Crippen molar-refractivity contribution in [2.75, 3.05) is 12.9 Å². The molecule has 0 bridgehead atoms. The number of hydrogen-bond acceptors (Lipinski definition) is 7. The lowest BCUT2D eigenvalue weighted by molar-refractivity contribution is -0.142. The second-order valence-electron chi connectivity index (χ2n) is 5.22. The standard InChI is InChI=1S/C12H21N3O3S/c1-12(2,3)11-15-14-9(18-11)7-19-6-5-8(13)10(16)17-4/h8H,5-7,13H2,1-4H3. The maximum Gasteiger partial charge on any atom is 0.322 e. The van der Waals surface area contributed by atoms with Gasteiger partial charge in [0.25, 0.3) is 0 Å². The molecule has 1 aromatic rings. The van der Waals surface area contributed by atoms with Crippen molar-refractivity contribution in [2.45, 2.75) is 44.4 Å². The van der Waals surface area contributed by atoms with Crippen LogP contribution in [0, 0.1) is 0 Å². The Kier molecular flexibility index (Phi) is 5.81. The monoisotopic (exact) mass is 287 g/mol. The summed E-state index contributed by atoms with van der Waals surface area (Å²) in [4.78, 5) is 11.1. The minimum atomic E-state index is -0.565. The summed E-state index contributed by atoms with van der Waals surface area (Å²) < 4.78 is 10.1. The van der Waals surface area contributed by atoms with Gasteiger partial charge in [-0.25, -0.2) is 0 Å². The molecule has 19 heavy (non-hydrogen) atoms. The number of aromatic nitrogens is 2. The lowest BCUT2D eigenvalue weighted by Gasteiger charge is -2.11. The maximum absolute atomic E-state index is 11.1. The van der Waals surface area contributed by atoms with E-state index < -0.39 is 6.04 Å². The van der Waals surface area contributed by atoms with Crippen LogP contribution in [-0.2, 0) is 20.7 Å². The van der Waals surface area contributed by atoms with Crippen LogP contribution in [0.5, 0.6) is 0 Å². The summed E-state index contributed by atoms with van der Waals surface area (Å²) >= 11 is 1.60. The van der Waals surface area contributed by atoms with Crippen molar-refractivity contribution in [3.05, 3.63) is 11.8 Å². The third kappa shape index (κ3) is 5.20. The van der Waals surface area contributed by atoms with Crippen LogP contribution in [0.1, 0.15) is 39.0 Å². The SMILES string of the molecule is COC(=O)C(N)CCSCc1nnc(C(C)(C)C)o1. The highest BCUT2D eigenvalue weighted by molar-refractivity contribution is 7.98. The number of carbonyl (C=O) groups is 1. The highest BCUT2D eigenvalue weighted by atomic mass is 32.2. The van der Waals surface area contributed by atoms with E-state index in [1.807, 2.05) is 20.8 Å². The zero-order valence-electron chi connectivity index (χ0n) is 11.8. The number of carbonyl (C=O) groups excluding carboxylic acids is 1. The molecule has 7 heteroatoms. The molecule has 1 aromatic heterocycles. The molecule has 0 aliphatic heterocycles. The van der Waals surface area contributed by atoms with E-state index in [-0.39, 0.29) is 11.4 Å². The van der Waals surface area contributed by atoms with Gasteiger partial charge in [-0.1, -0.05) is 20.8 Å². The molecule has 6 nitrogen and oxygen atoms in total. The molecule has 1 unspecified atom stereocenters. The molecule has 0 amide bonds. The van der Waals surface area contributed by atoms with Crippen molar-refractivity contribution in [2.24, 2.45) is 5.73 Å². The van der Waals surface area contributed by atoms with Gasteiger partial charge in [0.2, 0.25) is 11.8 Å². The smallest absolute Gasteiger partial charge is 0.322 e. The average molecular weight is 287 g/mol. The van der Waals surface area contributed by atoms with E-state index in [1.54, 1.807) is 11.8 Å². The third-order valence-electron chi connectivity index (χ3n) is 2.41. The maximum atomic E-state index is 11.1. The van der Waals surface area contributed by atoms with E-state index in [2.05, 4.69) is 14.9 Å². The highest BCUT2D eigenvalue weighted by Gasteiger charge is 2.21. The Bertz CT molecular complexity index is 415. The van der Waals surface area contributed by atoms with Gasteiger partial charge in [0, 0.05) is 5.41 Å². The minimum absolute atomic E-state index is 0.136. The van der Waals surface area contributed by atoms with Gasteiger partial charge in [0.1, 0.15) is 6.04 Å². The van der Waals surface area contributed by atoms with Gasteiger partial charge in [-0.2, -0.15) is 11.8 Å². The molecule has 0 saturated heterocycles. The summed E-state index contributed by atoms with van der Waals surface area (Å²) in [6, 6.07) is -0.565. The van der Waals surface area contributed by atoms with E-state index in [4.69, 9.17) is 10.2 Å². The molecule has 0 radical (unpaired) electrons. The fourth-order valence-corrected chi connectivity index (χ4v) is 2.11. The zero-order chi connectivity index (χ0) is 14.5. The summed E-state index contributed by atoms with van der Waals surface area (Å²) in [5, 5.41) is 8.00. The van der Waals surface area contributed by atoms with Gasteiger partial charge in [-0.05, 0) is 12.2 Å². The Balaban J connectivity index is 2.30. The van der Waals surface area contributed by atoms with Crippen LogP contribution >= 0.6 is 11.8 Å². The fourth-order valence-electron chi connectivity index (χ4n) is 1.25. The second kappa shape index (κ2) is 6.91. The van der Waals surface area contributed by atoms with Gasteiger partial charge < -0.3 is 14.9 Å². The van der Waals surface area contributed by atoms with Crippen LogP contribution in [0.2, 0.25) is 0 Å². The first-order chi connectivity index (χ1) is 8.84. The number of rotatable bonds is 6. The molecule has 1 heterocycles. The van der Waals surface area contributed by atoms with Crippen LogP contribution in [0.3, 0.4) is 0 Å². The van der Waals surface area contributed by atoms with Gasteiger partial charge in [0.05, 0.1) is 12.9 Å². The first kappa shape index (κ1) is 16.0. The average Bonchev–Trinajstić information content (AvgIpc) is 2.81. The number of esters is 1. The van der Waals surface area contributed by atoms with Crippen LogP contribution in [0.15, 0.2) is 4.42 Å². The van der Waals surface area contributed by atoms with Crippen LogP contribution in [-0.4, -0.2) is 35.1 Å². The topological polar surface area (TPSA) is 91.2 Å². The predicted molar refractivity (Wildman–Crippen MR) is 73.8 cm³/mol. The molecule has 0 aliphatic carbocycles. The number of ether oxygens (including phenoxy) is 1. The van der Waals surface area contributed by atoms with Gasteiger partial charge in [0.15, 0.2) is 0 Å². The Labute approximate surface area is 117 Å². The van der Waals surface area contributed by atoms with Crippen molar-refractivity contribution < 1.29 is 13.9 Å². The molecule has 0 aromatic carbocycles. The minimum Gasteiger partial charge on any atom is -0.468 e. The molecule has 0 aliphatic rings. The second-order valence-corrected chi connectivity index (χ2v) is 6.33. The molecular formula is C12H21N3O3S. The first-order valence-electron chi connectivity index (χ1n) is 6.08. The quantitative estimate of drug-likeness (QED) is 0.626. The van der Waals surface area contributed by atoms with Gasteiger partial charge >= 0.3 is 5.97 Å². The van der Waals surface area contributed by atoms with Crippen molar-refractivity contribution >= 4 is 17.7 Å². The highest BCUT2D eigenvalue weighted by Crippen LogP contribution is 2.22. The largest absolute Gasteiger partial charge is 0.468 e. The number of hydrogen-bond donors (Lipinski definition) is 1. The third-order valence-corrected chi connectivity index (χ3v) is 3.39. The number of nitrogens with zero attached hydrogens (tertiary/aromatic N) is 2. The normalized spacial score (nSPS) is 13.3. The van der Waals surface area contributed by atoms with Gasteiger partial charge in [-0.3, -0.25) is 4.79 Å². The zero-order valence-corrected chi connectivity index (χ0v) is 12.6. The lowest BCUT2D eigenvalue weighted by Crippen LogP contribution is -2.31. The van der Waals surface area contributed by atoms with E-state index in [0.717, 1.165) is 5.75 Å². The summed E-state index contributed by atoms with van der Waals surface area (Å²) in [7, 11) is 1.34. The van der Waals surface area contributed by atoms with Crippen LogP contribution in [0.25, 0.3) is 0 Å². The Morgan fingerprint density at radius 3 is 2.68 bits per heavy atom. The molecule has 1 atom stereocenters. The molecule has 108 valence electrons.